The van der Waals surface area contributed by atoms with Gasteiger partial charge >= 0.3 is 0 Å². The third-order valence-corrected chi connectivity index (χ3v) is 3.08. The van der Waals surface area contributed by atoms with Gasteiger partial charge in [-0.25, -0.2) is 4.39 Å². The molecule has 1 aromatic heterocycles. The molecule has 2 N–H and O–H groups in total. The summed E-state index contributed by atoms with van der Waals surface area (Å²) >= 11 is 3.31. The lowest BCUT2D eigenvalue weighted by Crippen LogP contribution is -1.87. The van der Waals surface area contributed by atoms with Gasteiger partial charge in [-0.15, -0.1) is 0 Å². The number of hydrogen-bond donors (Lipinski definition) is 1. The van der Waals surface area contributed by atoms with Crippen LogP contribution in [0.2, 0.25) is 0 Å². The summed E-state index contributed by atoms with van der Waals surface area (Å²) in [6.07, 6.45) is 0. The Labute approximate surface area is 94.2 Å². The molecule has 3 nitrogen and oxygen atoms in total. The molecule has 5 heteroatoms. The molecule has 1 heterocycles. The van der Waals surface area contributed by atoms with Crippen LogP contribution in [0.15, 0.2) is 27.2 Å². The van der Waals surface area contributed by atoms with Crippen molar-refractivity contribution in [1.29, 1.82) is 0 Å². The Bertz CT molecular complexity index is 510. The molecule has 0 aliphatic carbocycles. The average Bonchev–Trinajstić information content (AvgIpc) is 2.59. The SMILES string of the molecule is Cc1ccc(F)c(-c2cc(N)no2)c1Br. The normalized spacial score (nSPS) is 10.6. The number of halogens is 2. The lowest BCUT2D eigenvalue weighted by molar-refractivity contribution is 0.433. The summed E-state index contributed by atoms with van der Waals surface area (Å²) in [6.45, 7) is 1.87. The predicted octanol–water partition coefficient (Wildman–Crippen LogP) is 3.13. The number of hydrogen-bond acceptors (Lipinski definition) is 3. The van der Waals surface area contributed by atoms with Crippen LogP contribution in [0.5, 0.6) is 0 Å². The van der Waals surface area contributed by atoms with Gasteiger partial charge in [-0.05, 0) is 34.5 Å². The molecule has 0 aliphatic heterocycles. The van der Waals surface area contributed by atoms with E-state index in [-0.39, 0.29) is 11.6 Å². The van der Waals surface area contributed by atoms with Gasteiger partial charge in [-0.2, -0.15) is 0 Å². The number of nitrogens with two attached hydrogens (primary N) is 1. The minimum Gasteiger partial charge on any atom is -0.381 e. The summed E-state index contributed by atoms with van der Waals surface area (Å²) in [6, 6.07) is 4.55. The Balaban J connectivity index is 2.66. The van der Waals surface area contributed by atoms with E-state index in [1.807, 2.05) is 6.92 Å². The summed E-state index contributed by atoms with van der Waals surface area (Å²) in [5.74, 6) is 0.182. The van der Waals surface area contributed by atoms with E-state index in [1.54, 1.807) is 6.07 Å². The topological polar surface area (TPSA) is 52.0 Å². The van der Waals surface area contributed by atoms with Crippen molar-refractivity contribution in [2.75, 3.05) is 5.73 Å². The smallest absolute Gasteiger partial charge is 0.173 e. The fourth-order valence-corrected chi connectivity index (χ4v) is 1.81. The van der Waals surface area contributed by atoms with Crippen LogP contribution in [0.25, 0.3) is 11.3 Å². The minimum absolute atomic E-state index is 0.234. The molecule has 1 aromatic carbocycles. The molecule has 2 aromatic rings. The first-order valence-corrected chi connectivity index (χ1v) is 5.06. The Morgan fingerprint density at radius 2 is 2.20 bits per heavy atom. The Morgan fingerprint density at radius 3 is 2.80 bits per heavy atom. The third-order valence-electron chi connectivity index (χ3n) is 2.06. The van der Waals surface area contributed by atoms with Crippen LogP contribution in [-0.2, 0) is 0 Å². The van der Waals surface area contributed by atoms with Gasteiger partial charge in [0.1, 0.15) is 5.82 Å². The number of benzene rings is 1. The minimum atomic E-state index is -0.372. The van der Waals surface area contributed by atoms with Crippen molar-refractivity contribution >= 4 is 21.7 Å². The number of aromatic nitrogens is 1. The van der Waals surface area contributed by atoms with Crippen LogP contribution in [0, 0.1) is 12.7 Å². The molecule has 15 heavy (non-hydrogen) atoms. The molecule has 0 aliphatic rings. The van der Waals surface area contributed by atoms with E-state index in [9.17, 15) is 4.39 Å². The van der Waals surface area contributed by atoms with Gasteiger partial charge in [-0.3, -0.25) is 0 Å². The van der Waals surface area contributed by atoms with Gasteiger partial charge in [0.05, 0.1) is 5.56 Å². The standard InChI is InChI=1S/C10H8BrFN2O/c1-5-2-3-6(12)9(10(5)11)7-4-8(13)14-15-7/h2-4H,1H3,(H2,13,14). The molecule has 0 unspecified atom stereocenters. The highest BCUT2D eigenvalue weighted by molar-refractivity contribution is 9.10. The highest BCUT2D eigenvalue weighted by Gasteiger charge is 2.15. The lowest BCUT2D eigenvalue weighted by atomic mass is 10.1. The van der Waals surface area contributed by atoms with E-state index >= 15 is 0 Å². The Hall–Kier alpha value is -1.36. The van der Waals surface area contributed by atoms with Crippen LogP contribution in [0.3, 0.4) is 0 Å². The number of nitrogens with zero attached hydrogens (tertiary/aromatic N) is 1. The van der Waals surface area contributed by atoms with Crippen molar-refractivity contribution in [2.24, 2.45) is 0 Å². The molecule has 0 spiro atoms. The van der Waals surface area contributed by atoms with Crippen molar-refractivity contribution in [3.8, 4) is 11.3 Å². The van der Waals surface area contributed by atoms with E-state index in [0.29, 0.717) is 15.8 Å². The van der Waals surface area contributed by atoms with Crippen LogP contribution < -0.4 is 5.73 Å². The maximum Gasteiger partial charge on any atom is 0.173 e. The molecule has 0 atom stereocenters. The monoisotopic (exact) mass is 270 g/mol. The predicted molar refractivity (Wildman–Crippen MR) is 58.7 cm³/mol. The van der Waals surface area contributed by atoms with E-state index in [2.05, 4.69) is 21.1 Å². The third kappa shape index (κ3) is 1.74. The highest BCUT2D eigenvalue weighted by Crippen LogP contribution is 2.33. The van der Waals surface area contributed by atoms with Gasteiger partial charge in [0, 0.05) is 10.5 Å². The van der Waals surface area contributed by atoms with Crippen molar-refractivity contribution in [3.63, 3.8) is 0 Å². The summed E-state index contributed by atoms with van der Waals surface area (Å²) in [5.41, 5.74) is 6.68. The second-order valence-electron chi connectivity index (χ2n) is 3.17. The van der Waals surface area contributed by atoms with Crippen LogP contribution in [-0.4, -0.2) is 5.16 Å². The average molecular weight is 271 g/mol. The summed E-state index contributed by atoms with van der Waals surface area (Å²) in [5, 5.41) is 3.52. The molecule has 78 valence electrons. The molecule has 2 rings (SSSR count). The van der Waals surface area contributed by atoms with E-state index in [4.69, 9.17) is 10.3 Å². The summed E-state index contributed by atoms with van der Waals surface area (Å²) < 4.78 is 19.1. The van der Waals surface area contributed by atoms with E-state index in [0.717, 1.165) is 5.56 Å². The van der Waals surface area contributed by atoms with Gasteiger partial charge in [0.25, 0.3) is 0 Å². The summed E-state index contributed by atoms with van der Waals surface area (Å²) in [4.78, 5) is 0. The number of anilines is 1. The first-order valence-electron chi connectivity index (χ1n) is 4.26. The van der Waals surface area contributed by atoms with Gasteiger partial charge in [0.2, 0.25) is 0 Å². The second-order valence-corrected chi connectivity index (χ2v) is 3.96. The zero-order valence-electron chi connectivity index (χ0n) is 7.92. The largest absolute Gasteiger partial charge is 0.381 e. The van der Waals surface area contributed by atoms with E-state index in [1.165, 1.54) is 12.1 Å². The quantitative estimate of drug-likeness (QED) is 0.866. The van der Waals surface area contributed by atoms with Gasteiger partial charge < -0.3 is 10.3 Å². The Kier molecular flexibility index (Phi) is 2.48. The molecular formula is C10H8BrFN2O. The van der Waals surface area contributed by atoms with Crippen molar-refractivity contribution in [2.45, 2.75) is 6.92 Å². The van der Waals surface area contributed by atoms with E-state index < -0.39 is 0 Å². The molecule has 0 bridgehead atoms. The lowest BCUT2D eigenvalue weighted by Gasteiger charge is -2.04. The van der Waals surface area contributed by atoms with Crippen molar-refractivity contribution in [3.05, 3.63) is 34.1 Å². The first kappa shape index (κ1) is 10.2. The van der Waals surface area contributed by atoms with Gasteiger partial charge in [-0.1, -0.05) is 11.2 Å². The van der Waals surface area contributed by atoms with Gasteiger partial charge in [0.15, 0.2) is 11.6 Å². The Morgan fingerprint density at radius 1 is 1.47 bits per heavy atom. The molecule has 0 amide bonds. The molecular weight excluding hydrogens is 263 g/mol. The zero-order valence-corrected chi connectivity index (χ0v) is 9.51. The maximum atomic E-state index is 13.6. The molecule has 0 radical (unpaired) electrons. The molecule has 0 fully saturated rings. The fourth-order valence-electron chi connectivity index (χ4n) is 1.29. The van der Waals surface area contributed by atoms with Crippen LogP contribution >= 0.6 is 15.9 Å². The van der Waals surface area contributed by atoms with Crippen molar-refractivity contribution in [1.82, 2.24) is 5.16 Å². The highest BCUT2D eigenvalue weighted by atomic mass is 79.9. The molecule has 0 saturated heterocycles. The number of aryl methyl sites for hydroxylation is 1. The van der Waals surface area contributed by atoms with Crippen LogP contribution in [0.1, 0.15) is 5.56 Å². The second kappa shape index (κ2) is 3.66. The molecule has 0 saturated carbocycles. The summed E-state index contributed by atoms with van der Waals surface area (Å²) in [7, 11) is 0. The first-order chi connectivity index (χ1) is 7.09. The van der Waals surface area contributed by atoms with Crippen molar-refractivity contribution < 1.29 is 8.91 Å². The van der Waals surface area contributed by atoms with Crippen LogP contribution in [0.4, 0.5) is 10.2 Å². The number of rotatable bonds is 1. The zero-order chi connectivity index (χ0) is 11.0. The maximum absolute atomic E-state index is 13.6. The fraction of sp³-hybridized carbons (Fsp3) is 0.100. The number of nitrogen functional groups attached to an aromatic ring is 1.